The van der Waals surface area contributed by atoms with Gasteiger partial charge in [-0.05, 0) is 95.4 Å². The molecule has 1 unspecified atom stereocenters. The fourth-order valence-corrected chi connectivity index (χ4v) is 9.79. The molecule has 3 fully saturated rings. The van der Waals surface area contributed by atoms with Gasteiger partial charge >= 0.3 is 0 Å². The van der Waals surface area contributed by atoms with Crippen LogP contribution < -0.4 is 21.3 Å². The van der Waals surface area contributed by atoms with E-state index in [1.165, 1.54) is 34.1 Å². The molecule has 2 aromatic heterocycles. The van der Waals surface area contributed by atoms with Crippen LogP contribution in [-0.2, 0) is 32.1 Å². The molecule has 0 bridgehead atoms. The number of nitrogens with zero attached hydrogens (tertiary/aromatic N) is 4. The third-order valence-corrected chi connectivity index (χ3v) is 13.5. The first kappa shape index (κ1) is 46.0. The van der Waals surface area contributed by atoms with Crippen molar-refractivity contribution in [2.75, 3.05) is 27.2 Å². The normalized spacial score (nSPS) is 22.7. The van der Waals surface area contributed by atoms with E-state index in [9.17, 15) is 28.0 Å². The van der Waals surface area contributed by atoms with Gasteiger partial charge in [0, 0.05) is 42.4 Å². The lowest BCUT2D eigenvalue weighted by Crippen LogP contribution is -2.57. The van der Waals surface area contributed by atoms with Crippen LogP contribution in [0.3, 0.4) is 0 Å². The van der Waals surface area contributed by atoms with Crippen molar-refractivity contribution in [1.29, 1.82) is 0 Å². The topological polar surface area (TPSA) is 156 Å². The summed E-state index contributed by atoms with van der Waals surface area (Å²) in [4.78, 5) is 66.3. The predicted octanol–water partition coefficient (Wildman–Crippen LogP) is 5.45. The molecule has 1 aliphatic carbocycles. The van der Waals surface area contributed by atoms with Gasteiger partial charge in [0.25, 0.3) is 0 Å². The lowest BCUT2D eigenvalue weighted by Gasteiger charge is -2.35. The highest BCUT2D eigenvalue weighted by atomic mass is 19.1. The first-order chi connectivity index (χ1) is 30.2. The molecule has 63 heavy (non-hydrogen) atoms. The summed E-state index contributed by atoms with van der Waals surface area (Å²) >= 11 is 0. The Bertz CT molecular complexity index is 2300. The first-order valence-corrected chi connectivity index (χ1v) is 22.5. The summed E-state index contributed by atoms with van der Waals surface area (Å²) in [5, 5.41) is 12.3. The number of fused-ring (bicyclic) bond motifs is 2. The Hall–Kier alpha value is -5.03. The van der Waals surface area contributed by atoms with Crippen LogP contribution in [0.4, 0.5) is 17.6 Å². The van der Waals surface area contributed by atoms with Crippen molar-refractivity contribution < 1.29 is 36.7 Å². The van der Waals surface area contributed by atoms with Crippen molar-refractivity contribution in [3.8, 4) is 11.5 Å². The average Bonchev–Trinajstić information content (AvgIpc) is 4.03. The lowest BCUT2D eigenvalue weighted by molar-refractivity contribution is -0.139. The van der Waals surface area contributed by atoms with Gasteiger partial charge in [0.1, 0.15) is 36.1 Å². The van der Waals surface area contributed by atoms with Gasteiger partial charge in [0.05, 0.1) is 47.9 Å². The van der Waals surface area contributed by atoms with Gasteiger partial charge in [-0.1, -0.05) is 32.6 Å². The highest BCUT2D eigenvalue weighted by Crippen LogP contribution is 2.38. The number of alkyl halides is 2. The Labute approximate surface area is 365 Å². The van der Waals surface area contributed by atoms with Crippen molar-refractivity contribution in [2.24, 2.45) is 5.92 Å². The monoisotopic (exact) mass is 879 g/mol. The smallest absolute Gasteiger partial charge is 0.245 e. The predicted molar refractivity (Wildman–Crippen MR) is 233 cm³/mol. The summed E-state index contributed by atoms with van der Waals surface area (Å²) in [5.41, 5.74) is 2.24. The number of carbonyl (C=O) groups is 4. The highest BCUT2D eigenvalue weighted by Gasteiger charge is 2.43. The second kappa shape index (κ2) is 19.8. The van der Waals surface area contributed by atoms with Crippen molar-refractivity contribution in [3.05, 3.63) is 53.6 Å². The second-order valence-electron chi connectivity index (χ2n) is 17.8. The molecule has 8 atom stereocenters. The fourth-order valence-electron chi connectivity index (χ4n) is 9.79. The summed E-state index contributed by atoms with van der Waals surface area (Å²) in [5.74, 6) is -2.28. The van der Waals surface area contributed by atoms with Gasteiger partial charge in [-0.3, -0.25) is 19.2 Å². The van der Waals surface area contributed by atoms with Crippen LogP contribution >= 0.6 is 0 Å². The quantitative estimate of drug-likeness (QED) is 0.0939. The number of amides is 4. The number of hydrogen-bond acceptors (Lipinski definition) is 7. The van der Waals surface area contributed by atoms with Gasteiger partial charge in [-0.15, -0.1) is 0 Å². The second-order valence-corrected chi connectivity index (χ2v) is 17.8. The average molecular weight is 880 g/mol. The third-order valence-electron chi connectivity index (χ3n) is 13.5. The van der Waals surface area contributed by atoms with Gasteiger partial charge in [0.2, 0.25) is 23.6 Å². The maximum Gasteiger partial charge on any atom is 0.245 e. The maximum atomic E-state index is 15.7. The standard InChI is InChI=1S/C46H61F4N9O4/c1-6-10-36(55-43(60)25(2)51-4)45(62)57-22-30(49)17-32(57)21-35-34-15-13-28(47)19-37(34)53-41(35)42-54-38-20-29(48)14-16-39(38)59(42)24-33-18-31(50)23-58(33)46(63)40(27-11-8-7-9-12-27)56-44(61)26(3)52-5/h13-16,19-20,25-27,30-33,36,40,51-53H,6-12,17-18,21-24H2,1-5H3,(H,55,60)(H,56,61)/t25-,26-,30-,31-,32-,33-,36-,40?/m0/s1. The number of carbonyl (C=O) groups excluding carboxylic acids is 4. The van der Waals surface area contributed by atoms with Crippen molar-refractivity contribution in [3.63, 3.8) is 0 Å². The van der Waals surface area contributed by atoms with E-state index in [-0.39, 0.29) is 68.1 Å². The molecule has 2 saturated heterocycles. The van der Waals surface area contributed by atoms with Crippen LogP contribution in [0.15, 0.2) is 36.4 Å². The zero-order chi connectivity index (χ0) is 45.1. The van der Waals surface area contributed by atoms with Gasteiger partial charge in [0.15, 0.2) is 5.82 Å². The Kier molecular flexibility index (Phi) is 14.4. The van der Waals surface area contributed by atoms with Crippen LogP contribution in [0.1, 0.15) is 84.1 Å². The number of H-pyrrole nitrogens is 1. The number of likely N-dealkylation sites (tertiary alicyclic amines) is 2. The summed E-state index contributed by atoms with van der Waals surface area (Å²) in [7, 11) is 3.31. The molecule has 342 valence electrons. The molecule has 4 amide bonds. The maximum absolute atomic E-state index is 15.7. The molecule has 5 N–H and O–H groups in total. The number of benzene rings is 2. The van der Waals surface area contributed by atoms with Crippen LogP contribution in [0.2, 0.25) is 0 Å². The molecule has 13 nitrogen and oxygen atoms in total. The molecule has 17 heteroatoms. The zero-order valence-corrected chi connectivity index (χ0v) is 36.8. The highest BCUT2D eigenvalue weighted by molar-refractivity contribution is 5.93. The van der Waals surface area contributed by atoms with E-state index < -0.39 is 66.1 Å². The van der Waals surface area contributed by atoms with E-state index in [4.69, 9.17) is 4.98 Å². The van der Waals surface area contributed by atoms with E-state index in [1.54, 1.807) is 40.1 Å². The molecular formula is C46H61F4N9O4. The number of nitrogens with one attached hydrogen (secondary N) is 5. The van der Waals surface area contributed by atoms with Gasteiger partial charge < -0.3 is 40.6 Å². The Morgan fingerprint density at radius 3 is 2.11 bits per heavy atom. The number of rotatable bonds is 16. The van der Waals surface area contributed by atoms with Gasteiger partial charge in [-0.2, -0.15) is 0 Å². The fraction of sp³-hybridized carbons (Fsp3) is 0.587. The number of halogens is 4. The molecule has 0 spiro atoms. The molecule has 2 aromatic carbocycles. The summed E-state index contributed by atoms with van der Waals surface area (Å²) < 4.78 is 62.8. The Morgan fingerprint density at radius 2 is 1.44 bits per heavy atom. The molecule has 4 aromatic rings. The Morgan fingerprint density at radius 1 is 0.825 bits per heavy atom. The van der Waals surface area contributed by atoms with Crippen LogP contribution in [0, 0.1) is 17.6 Å². The molecule has 4 heterocycles. The summed E-state index contributed by atoms with van der Waals surface area (Å²) in [6.07, 6.45) is 2.79. The Balaban J connectivity index is 1.27. The zero-order valence-electron chi connectivity index (χ0n) is 36.8. The minimum atomic E-state index is -1.34. The number of imidazole rings is 1. The van der Waals surface area contributed by atoms with Gasteiger partial charge in [-0.25, -0.2) is 22.5 Å². The van der Waals surface area contributed by atoms with Crippen LogP contribution in [-0.4, -0.2) is 124 Å². The van der Waals surface area contributed by atoms with Crippen LogP contribution in [0.5, 0.6) is 0 Å². The van der Waals surface area contributed by atoms with Crippen molar-refractivity contribution >= 4 is 45.6 Å². The van der Waals surface area contributed by atoms with E-state index >= 15 is 8.78 Å². The van der Waals surface area contributed by atoms with E-state index in [0.29, 0.717) is 46.3 Å². The number of hydrogen-bond donors (Lipinski definition) is 5. The number of aromatic amines is 1. The minimum Gasteiger partial charge on any atom is -0.352 e. The summed E-state index contributed by atoms with van der Waals surface area (Å²) in [6.45, 7) is 5.01. The minimum absolute atomic E-state index is 0.00860. The van der Waals surface area contributed by atoms with E-state index in [0.717, 1.165) is 32.1 Å². The summed E-state index contributed by atoms with van der Waals surface area (Å²) in [6, 6.07) is 4.23. The van der Waals surface area contributed by atoms with E-state index in [1.807, 2.05) is 11.5 Å². The molecule has 7 rings (SSSR count). The third kappa shape index (κ3) is 9.88. The van der Waals surface area contributed by atoms with E-state index in [2.05, 4.69) is 26.3 Å². The molecule has 3 aliphatic rings. The molecule has 1 saturated carbocycles. The van der Waals surface area contributed by atoms with Crippen molar-refractivity contribution in [2.45, 2.75) is 140 Å². The molecule has 0 radical (unpaired) electrons. The molecule has 2 aliphatic heterocycles. The number of likely N-dealkylation sites (N-methyl/N-ethyl adjacent to an activating group) is 2. The SMILES string of the molecule is CCC[C@H](NC(=O)[C@H](C)NC)C(=O)N1C[C@@H](F)C[C@H]1Cc1c(-c2nc3cc(F)ccc3n2C[C@@H]2C[C@H](F)CN2C(=O)C(NC(=O)[C@H](C)NC)C2CCCCC2)[nH]c2cc(F)ccc12. The number of aromatic nitrogens is 3. The first-order valence-electron chi connectivity index (χ1n) is 22.5. The lowest BCUT2D eigenvalue weighted by atomic mass is 9.83. The molecular weight excluding hydrogens is 819 g/mol. The van der Waals surface area contributed by atoms with Crippen molar-refractivity contribution in [1.82, 2.24) is 45.6 Å². The largest absolute Gasteiger partial charge is 0.352 e. The van der Waals surface area contributed by atoms with Crippen LogP contribution in [0.25, 0.3) is 33.5 Å².